The maximum Gasteiger partial charge on any atom is 0.220 e. The van der Waals surface area contributed by atoms with Crippen LogP contribution in [-0.4, -0.2) is 31.1 Å². The number of nitrogens with one attached hydrogen (secondary N) is 2. The number of tetrazole rings is 1. The standard InChI is InChI=1S/C17H20N6O/c24-16(9-4-10-23-11-18-21-22-23)19-15-8-3-6-13-12-5-1-2-7-14(12)20-17(13)15/h1-2,5,7,11,15,20H,3-4,6,8-10H2,(H,19,24)/t15-/m0/s1. The van der Waals surface area contributed by atoms with E-state index in [9.17, 15) is 4.79 Å². The molecule has 7 nitrogen and oxygen atoms in total. The molecule has 1 amide bonds. The number of hydrogen-bond donors (Lipinski definition) is 2. The van der Waals surface area contributed by atoms with Crippen LogP contribution in [0.2, 0.25) is 0 Å². The number of fused-ring (bicyclic) bond motifs is 3. The molecule has 1 aliphatic rings. The van der Waals surface area contributed by atoms with Gasteiger partial charge in [-0.1, -0.05) is 18.2 Å². The lowest BCUT2D eigenvalue weighted by atomic mass is 9.91. The Morgan fingerprint density at radius 1 is 1.38 bits per heavy atom. The molecule has 0 saturated carbocycles. The number of rotatable bonds is 5. The van der Waals surface area contributed by atoms with Crippen LogP contribution >= 0.6 is 0 Å². The first kappa shape index (κ1) is 14.9. The van der Waals surface area contributed by atoms with Gasteiger partial charge in [-0.25, -0.2) is 4.68 Å². The molecule has 0 saturated heterocycles. The normalized spacial score (nSPS) is 16.9. The zero-order valence-electron chi connectivity index (χ0n) is 13.4. The van der Waals surface area contributed by atoms with Gasteiger partial charge in [0.1, 0.15) is 6.33 Å². The second-order valence-electron chi connectivity index (χ2n) is 6.25. The number of aromatic nitrogens is 5. The van der Waals surface area contributed by atoms with Crippen LogP contribution in [-0.2, 0) is 17.8 Å². The Hall–Kier alpha value is -2.70. The van der Waals surface area contributed by atoms with Crippen LogP contribution in [0.3, 0.4) is 0 Å². The van der Waals surface area contributed by atoms with Gasteiger partial charge in [0, 0.05) is 29.6 Å². The third-order valence-corrected chi connectivity index (χ3v) is 4.63. The van der Waals surface area contributed by atoms with Crippen LogP contribution in [0, 0.1) is 0 Å². The number of aryl methyl sites for hydroxylation is 2. The first-order valence-electron chi connectivity index (χ1n) is 8.41. The number of para-hydroxylation sites is 1. The van der Waals surface area contributed by atoms with Gasteiger partial charge in [0.15, 0.2) is 0 Å². The van der Waals surface area contributed by atoms with Crippen molar-refractivity contribution in [2.75, 3.05) is 0 Å². The van der Waals surface area contributed by atoms with Gasteiger partial charge in [-0.05, 0) is 47.7 Å². The van der Waals surface area contributed by atoms with E-state index in [0.717, 1.165) is 31.2 Å². The average Bonchev–Trinajstić information content (AvgIpc) is 3.23. The van der Waals surface area contributed by atoms with Crippen LogP contribution in [0.1, 0.15) is 43.0 Å². The Kier molecular flexibility index (Phi) is 3.98. The predicted molar refractivity (Wildman–Crippen MR) is 89.2 cm³/mol. The number of hydrogen-bond acceptors (Lipinski definition) is 4. The number of aromatic amines is 1. The van der Waals surface area contributed by atoms with E-state index in [-0.39, 0.29) is 11.9 Å². The minimum atomic E-state index is 0.0829. The molecule has 3 aromatic rings. The molecule has 2 aromatic heterocycles. The Labute approximate surface area is 139 Å². The van der Waals surface area contributed by atoms with Crippen molar-refractivity contribution in [2.45, 2.75) is 44.7 Å². The minimum absolute atomic E-state index is 0.0829. The number of nitrogens with zero attached hydrogens (tertiary/aromatic N) is 4. The van der Waals surface area contributed by atoms with Crippen molar-refractivity contribution in [3.8, 4) is 0 Å². The maximum atomic E-state index is 12.3. The van der Waals surface area contributed by atoms with E-state index >= 15 is 0 Å². The summed E-state index contributed by atoms with van der Waals surface area (Å²) in [5.74, 6) is 0.0829. The maximum absolute atomic E-state index is 12.3. The van der Waals surface area contributed by atoms with E-state index in [4.69, 9.17) is 0 Å². The average molecular weight is 324 g/mol. The van der Waals surface area contributed by atoms with Crippen molar-refractivity contribution in [3.63, 3.8) is 0 Å². The highest BCUT2D eigenvalue weighted by atomic mass is 16.1. The van der Waals surface area contributed by atoms with Gasteiger partial charge in [0.2, 0.25) is 5.91 Å². The summed E-state index contributed by atoms with van der Waals surface area (Å²) in [4.78, 5) is 15.8. The molecule has 1 atom stereocenters. The highest BCUT2D eigenvalue weighted by Crippen LogP contribution is 2.34. The van der Waals surface area contributed by atoms with Crippen molar-refractivity contribution in [1.29, 1.82) is 0 Å². The second-order valence-corrected chi connectivity index (χ2v) is 6.25. The molecule has 24 heavy (non-hydrogen) atoms. The Morgan fingerprint density at radius 2 is 2.29 bits per heavy atom. The van der Waals surface area contributed by atoms with Gasteiger partial charge in [0.05, 0.1) is 6.04 Å². The first-order chi connectivity index (χ1) is 11.8. The summed E-state index contributed by atoms with van der Waals surface area (Å²) in [6.07, 6.45) is 5.93. The molecule has 2 heterocycles. The molecule has 1 aromatic carbocycles. The summed E-state index contributed by atoms with van der Waals surface area (Å²) >= 11 is 0. The van der Waals surface area contributed by atoms with Crippen LogP contribution in [0.4, 0.5) is 0 Å². The molecule has 124 valence electrons. The van der Waals surface area contributed by atoms with Crippen molar-refractivity contribution < 1.29 is 4.79 Å². The van der Waals surface area contributed by atoms with Crippen LogP contribution in [0.25, 0.3) is 10.9 Å². The summed E-state index contributed by atoms with van der Waals surface area (Å²) in [5, 5.41) is 15.4. The van der Waals surface area contributed by atoms with E-state index in [2.05, 4.69) is 44.0 Å². The first-order valence-corrected chi connectivity index (χ1v) is 8.41. The fourth-order valence-corrected chi connectivity index (χ4v) is 3.51. The summed E-state index contributed by atoms with van der Waals surface area (Å²) in [6.45, 7) is 0.655. The Balaban J connectivity index is 1.41. The fourth-order valence-electron chi connectivity index (χ4n) is 3.51. The molecule has 0 unspecified atom stereocenters. The molecule has 0 aliphatic heterocycles. The largest absolute Gasteiger partial charge is 0.356 e. The van der Waals surface area contributed by atoms with Gasteiger partial charge >= 0.3 is 0 Å². The molecule has 2 N–H and O–H groups in total. The predicted octanol–water partition coefficient (Wildman–Crippen LogP) is 2.13. The van der Waals surface area contributed by atoms with Crippen molar-refractivity contribution in [3.05, 3.63) is 41.9 Å². The smallest absolute Gasteiger partial charge is 0.220 e. The lowest BCUT2D eigenvalue weighted by Gasteiger charge is -2.23. The molecular weight excluding hydrogens is 304 g/mol. The van der Waals surface area contributed by atoms with E-state index in [0.29, 0.717) is 13.0 Å². The minimum Gasteiger partial charge on any atom is -0.356 e. The molecule has 0 fully saturated rings. The van der Waals surface area contributed by atoms with Gasteiger partial charge in [-0.15, -0.1) is 5.10 Å². The molecule has 1 aliphatic carbocycles. The highest BCUT2D eigenvalue weighted by Gasteiger charge is 2.25. The summed E-state index contributed by atoms with van der Waals surface area (Å²) < 4.78 is 1.64. The van der Waals surface area contributed by atoms with E-state index in [1.54, 1.807) is 11.0 Å². The van der Waals surface area contributed by atoms with Crippen molar-refractivity contribution >= 4 is 16.8 Å². The van der Waals surface area contributed by atoms with E-state index in [1.165, 1.54) is 16.6 Å². The SMILES string of the molecule is O=C(CCCn1cnnn1)N[C@H]1CCCc2c1[nH]c1ccccc21. The monoisotopic (exact) mass is 324 g/mol. The summed E-state index contributed by atoms with van der Waals surface area (Å²) in [7, 11) is 0. The zero-order valence-corrected chi connectivity index (χ0v) is 13.4. The molecule has 0 radical (unpaired) electrons. The zero-order chi connectivity index (χ0) is 16.4. The van der Waals surface area contributed by atoms with Crippen molar-refractivity contribution in [1.82, 2.24) is 30.5 Å². The number of amides is 1. The summed E-state index contributed by atoms with van der Waals surface area (Å²) in [5.41, 5.74) is 3.69. The Bertz CT molecular complexity index is 838. The topological polar surface area (TPSA) is 88.5 Å². The lowest BCUT2D eigenvalue weighted by molar-refractivity contribution is -0.122. The third kappa shape index (κ3) is 2.89. The number of carbonyl (C=O) groups is 1. The molecule has 7 heteroatoms. The van der Waals surface area contributed by atoms with Gasteiger partial charge in [-0.2, -0.15) is 0 Å². The third-order valence-electron chi connectivity index (χ3n) is 4.63. The molecular formula is C17H20N6O. The van der Waals surface area contributed by atoms with E-state index in [1.807, 2.05) is 6.07 Å². The summed E-state index contributed by atoms with van der Waals surface area (Å²) in [6, 6.07) is 8.44. The van der Waals surface area contributed by atoms with Crippen LogP contribution in [0.5, 0.6) is 0 Å². The molecule has 0 bridgehead atoms. The second kappa shape index (κ2) is 6.43. The lowest BCUT2D eigenvalue weighted by Crippen LogP contribution is -2.31. The van der Waals surface area contributed by atoms with Crippen LogP contribution in [0.15, 0.2) is 30.6 Å². The van der Waals surface area contributed by atoms with Crippen LogP contribution < -0.4 is 5.32 Å². The Morgan fingerprint density at radius 3 is 3.17 bits per heavy atom. The molecule has 4 rings (SSSR count). The number of carbonyl (C=O) groups excluding carboxylic acids is 1. The van der Waals surface area contributed by atoms with Gasteiger partial charge in [0.25, 0.3) is 0 Å². The van der Waals surface area contributed by atoms with E-state index < -0.39 is 0 Å². The number of benzene rings is 1. The van der Waals surface area contributed by atoms with Crippen molar-refractivity contribution in [2.24, 2.45) is 0 Å². The van der Waals surface area contributed by atoms with Gasteiger partial charge < -0.3 is 10.3 Å². The number of H-pyrrole nitrogens is 1. The molecule has 0 spiro atoms. The van der Waals surface area contributed by atoms with Gasteiger partial charge in [-0.3, -0.25) is 4.79 Å². The quantitative estimate of drug-likeness (QED) is 0.752. The fraction of sp³-hybridized carbons (Fsp3) is 0.412. The highest BCUT2D eigenvalue weighted by molar-refractivity contribution is 5.85.